The quantitative estimate of drug-likeness (QED) is 0.928. The third kappa shape index (κ3) is 3.28. The Labute approximate surface area is 129 Å². The Kier molecular flexibility index (Phi) is 4.58. The monoisotopic (exact) mass is 306 g/mol. The number of likely N-dealkylation sites (tertiary alicyclic amines) is 1. The van der Waals surface area contributed by atoms with Crippen molar-refractivity contribution < 1.29 is 9.59 Å². The number of thiophene rings is 1. The highest BCUT2D eigenvalue weighted by molar-refractivity contribution is 7.10. The molecule has 0 aromatic carbocycles. The van der Waals surface area contributed by atoms with Crippen LogP contribution in [0, 0.1) is 0 Å². The maximum atomic E-state index is 12.3. The van der Waals surface area contributed by atoms with Crippen LogP contribution in [0.25, 0.3) is 0 Å². The van der Waals surface area contributed by atoms with Crippen molar-refractivity contribution in [2.45, 2.75) is 44.9 Å². The summed E-state index contributed by atoms with van der Waals surface area (Å²) in [5.41, 5.74) is 2.08. The summed E-state index contributed by atoms with van der Waals surface area (Å²) in [6.07, 6.45) is 7.18. The second-order valence-corrected chi connectivity index (χ2v) is 6.82. The van der Waals surface area contributed by atoms with E-state index >= 15 is 0 Å². The third-order valence-corrected chi connectivity index (χ3v) is 5.48. The van der Waals surface area contributed by atoms with Gasteiger partial charge >= 0.3 is 0 Å². The maximum absolute atomic E-state index is 12.3. The summed E-state index contributed by atoms with van der Waals surface area (Å²) >= 11 is 1.70. The number of hydrogen-bond donors (Lipinski definition) is 1. The number of amides is 2. The first-order valence-electron chi connectivity index (χ1n) is 7.91. The molecule has 114 valence electrons. The van der Waals surface area contributed by atoms with E-state index in [1.165, 1.54) is 23.3 Å². The number of fused-ring (bicyclic) bond motifs is 1. The molecule has 1 aromatic heterocycles. The lowest BCUT2D eigenvalue weighted by Crippen LogP contribution is -2.32. The van der Waals surface area contributed by atoms with E-state index in [2.05, 4.69) is 5.32 Å². The second kappa shape index (κ2) is 6.60. The van der Waals surface area contributed by atoms with E-state index < -0.39 is 0 Å². The summed E-state index contributed by atoms with van der Waals surface area (Å²) in [4.78, 5) is 27.4. The zero-order valence-electron chi connectivity index (χ0n) is 12.3. The molecule has 3 rings (SSSR count). The fraction of sp³-hybridized carbons (Fsp3) is 0.625. The van der Waals surface area contributed by atoms with Crippen molar-refractivity contribution in [3.05, 3.63) is 21.4 Å². The van der Waals surface area contributed by atoms with Crippen molar-refractivity contribution in [3.63, 3.8) is 0 Å². The van der Waals surface area contributed by atoms with Gasteiger partial charge in [0.05, 0.1) is 5.56 Å². The largest absolute Gasteiger partial charge is 0.351 e. The van der Waals surface area contributed by atoms with Crippen molar-refractivity contribution in [2.24, 2.45) is 0 Å². The van der Waals surface area contributed by atoms with E-state index in [9.17, 15) is 9.59 Å². The highest BCUT2D eigenvalue weighted by Crippen LogP contribution is 2.30. The van der Waals surface area contributed by atoms with Crippen molar-refractivity contribution >= 4 is 23.2 Å². The van der Waals surface area contributed by atoms with Crippen molar-refractivity contribution in [2.75, 3.05) is 19.6 Å². The number of carbonyl (C=O) groups is 2. The van der Waals surface area contributed by atoms with Gasteiger partial charge in [-0.1, -0.05) is 0 Å². The molecular formula is C16H22N2O2S. The van der Waals surface area contributed by atoms with Crippen LogP contribution in [0.3, 0.4) is 0 Å². The fourth-order valence-corrected chi connectivity index (χ4v) is 4.31. The smallest absolute Gasteiger partial charge is 0.252 e. The number of aryl methyl sites for hydroxylation is 1. The van der Waals surface area contributed by atoms with E-state index in [1.54, 1.807) is 11.3 Å². The van der Waals surface area contributed by atoms with Gasteiger partial charge in [0.2, 0.25) is 5.91 Å². The van der Waals surface area contributed by atoms with Crippen molar-refractivity contribution in [3.8, 4) is 0 Å². The van der Waals surface area contributed by atoms with Gasteiger partial charge in [0.25, 0.3) is 5.91 Å². The lowest BCUT2D eigenvalue weighted by molar-refractivity contribution is -0.129. The number of carbonyl (C=O) groups excluding carboxylic acids is 2. The fourth-order valence-electron chi connectivity index (χ4n) is 3.19. The average Bonchev–Trinajstić information content (AvgIpc) is 3.16. The Hall–Kier alpha value is -1.36. The topological polar surface area (TPSA) is 49.4 Å². The van der Waals surface area contributed by atoms with Gasteiger partial charge in [-0.2, -0.15) is 0 Å². The van der Waals surface area contributed by atoms with Gasteiger partial charge in [-0.15, -0.1) is 11.3 Å². The Balaban J connectivity index is 1.50. The SMILES string of the molecule is O=C(NCCC(=O)N1CCCC1)c1csc2c1CCCC2. The molecule has 1 saturated heterocycles. The minimum absolute atomic E-state index is 0.0105. The molecule has 1 N–H and O–H groups in total. The van der Waals surface area contributed by atoms with Gasteiger partial charge in [-0.3, -0.25) is 9.59 Å². The zero-order chi connectivity index (χ0) is 14.7. The first-order chi connectivity index (χ1) is 10.3. The molecule has 4 nitrogen and oxygen atoms in total. The summed E-state index contributed by atoms with van der Waals surface area (Å²) in [5, 5.41) is 4.89. The summed E-state index contributed by atoms with van der Waals surface area (Å²) in [7, 11) is 0. The third-order valence-electron chi connectivity index (χ3n) is 4.39. The highest BCUT2D eigenvalue weighted by Gasteiger charge is 2.21. The molecule has 2 amide bonds. The van der Waals surface area contributed by atoms with Crippen molar-refractivity contribution in [1.29, 1.82) is 0 Å². The van der Waals surface area contributed by atoms with E-state index in [4.69, 9.17) is 0 Å². The predicted octanol–water partition coefficient (Wildman–Crippen LogP) is 2.37. The number of rotatable bonds is 4. The molecule has 1 fully saturated rings. The van der Waals surface area contributed by atoms with Crippen LogP contribution in [0.15, 0.2) is 5.38 Å². The molecular weight excluding hydrogens is 284 g/mol. The Morgan fingerprint density at radius 3 is 2.71 bits per heavy atom. The molecule has 2 heterocycles. The molecule has 0 unspecified atom stereocenters. The highest BCUT2D eigenvalue weighted by atomic mass is 32.1. The van der Waals surface area contributed by atoms with E-state index in [0.29, 0.717) is 13.0 Å². The summed E-state index contributed by atoms with van der Waals surface area (Å²) < 4.78 is 0. The molecule has 0 atom stereocenters. The molecule has 21 heavy (non-hydrogen) atoms. The lowest BCUT2D eigenvalue weighted by Gasteiger charge is -2.15. The van der Waals surface area contributed by atoms with Gasteiger partial charge in [0.1, 0.15) is 0 Å². The Morgan fingerprint density at radius 1 is 1.14 bits per heavy atom. The molecule has 5 heteroatoms. The van der Waals surface area contributed by atoms with Crippen LogP contribution in [0.4, 0.5) is 0 Å². The molecule has 0 saturated carbocycles. The van der Waals surface area contributed by atoms with E-state index in [1.807, 2.05) is 10.3 Å². The van der Waals surface area contributed by atoms with Crippen LogP contribution in [0.5, 0.6) is 0 Å². The molecule has 2 aliphatic rings. The van der Waals surface area contributed by atoms with Gasteiger partial charge in [0, 0.05) is 36.3 Å². The minimum Gasteiger partial charge on any atom is -0.351 e. The van der Waals surface area contributed by atoms with E-state index in [-0.39, 0.29) is 11.8 Å². The van der Waals surface area contributed by atoms with Crippen LogP contribution in [0.2, 0.25) is 0 Å². The standard InChI is InChI=1S/C16H22N2O2S/c19-15(18-9-3-4-10-18)7-8-17-16(20)13-11-21-14-6-2-1-5-12(13)14/h11H,1-10H2,(H,17,20). The van der Waals surface area contributed by atoms with Gasteiger partial charge < -0.3 is 10.2 Å². The molecule has 0 radical (unpaired) electrons. The first-order valence-corrected chi connectivity index (χ1v) is 8.79. The van der Waals surface area contributed by atoms with Gasteiger partial charge in [-0.25, -0.2) is 0 Å². The zero-order valence-corrected chi connectivity index (χ0v) is 13.1. The van der Waals surface area contributed by atoms with Crippen molar-refractivity contribution in [1.82, 2.24) is 10.2 Å². The van der Waals surface area contributed by atoms with Crippen LogP contribution < -0.4 is 5.32 Å². The normalized spacial score (nSPS) is 17.6. The summed E-state index contributed by atoms with van der Waals surface area (Å²) in [5.74, 6) is 0.156. The molecule has 1 aliphatic heterocycles. The van der Waals surface area contributed by atoms with Crippen LogP contribution in [0.1, 0.15) is 52.9 Å². The van der Waals surface area contributed by atoms with Gasteiger partial charge in [0.15, 0.2) is 0 Å². The second-order valence-electron chi connectivity index (χ2n) is 5.85. The van der Waals surface area contributed by atoms with E-state index in [0.717, 1.165) is 44.3 Å². The Bertz CT molecular complexity index is 532. The van der Waals surface area contributed by atoms with Gasteiger partial charge in [-0.05, 0) is 44.1 Å². The number of hydrogen-bond acceptors (Lipinski definition) is 3. The molecule has 0 spiro atoms. The van der Waals surface area contributed by atoms with Crippen LogP contribution in [-0.4, -0.2) is 36.3 Å². The number of nitrogens with one attached hydrogen (secondary N) is 1. The molecule has 0 bridgehead atoms. The predicted molar refractivity (Wildman–Crippen MR) is 83.7 cm³/mol. The lowest BCUT2D eigenvalue weighted by atomic mass is 9.95. The Morgan fingerprint density at radius 2 is 1.90 bits per heavy atom. The minimum atomic E-state index is -0.0105. The maximum Gasteiger partial charge on any atom is 0.252 e. The van der Waals surface area contributed by atoms with Crippen LogP contribution in [-0.2, 0) is 17.6 Å². The molecule has 1 aromatic rings. The summed E-state index contributed by atoms with van der Waals surface area (Å²) in [6, 6.07) is 0. The first kappa shape index (κ1) is 14.6. The van der Waals surface area contributed by atoms with Crippen LogP contribution >= 0.6 is 11.3 Å². The number of nitrogens with zero attached hydrogens (tertiary/aromatic N) is 1. The average molecular weight is 306 g/mol. The summed E-state index contributed by atoms with van der Waals surface area (Å²) in [6.45, 7) is 2.20. The molecule has 1 aliphatic carbocycles.